The van der Waals surface area contributed by atoms with Crippen LogP contribution in [0.5, 0.6) is 0 Å². The summed E-state index contributed by atoms with van der Waals surface area (Å²) in [6.07, 6.45) is 0. The molecule has 4 aromatic heterocycles. The van der Waals surface area contributed by atoms with Crippen LogP contribution in [-0.4, -0.2) is 23.8 Å². The summed E-state index contributed by atoms with van der Waals surface area (Å²) in [7, 11) is 0. The summed E-state index contributed by atoms with van der Waals surface area (Å²) in [5.74, 6) is 0. The Hall–Kier alpha value is -5.29. The second-order valence-electron chi connectivity index (χ2n) is 9.78. The van der Waals surface area contributed by atoms with Gasteiger partial charge in [-0.15, -0.1) is 0 Å². The molecule has 0 saturated heterocycles. The van der Waals surface area contributed by atoms with Gasteiger partial charge in [-0.1, -0.05) is 72.8 Å². The van der Waals surface area contributed by atoms with E-state index < -0.39 is 0 Å². The highest BCUT2D eigenvalue weighted by Crippen LogP contribution is 2.33. The molecule has 38 heavy (non-hydrogen) atoms. The molecule has 0 aliphatic rings. The molecule has 0 spiro atoms. The van der Waals surface area contributed by atoms with Gasteiger partial charge in [-0.2, -0.15) is 0 Å². The van der Waals surface area contributed by atoms with Crippen LogP contribution in [0.4, 0.5) is 0 Å². The van der Waals surface area contributed by atoms with Crippen LogP contribution in [0.1, 0.15) is 0 Å². The van der Waals surface area contributed by atoms with Crippen LogP contribution in [0.15, 0.2) is 115 Å². The van der Waals surface area contributed by atoms with Gasteiger partial charge in [-0.25, -0.2) is 15.0 Å². The van der Waals surface area contributed by atoms with Crippen molar-refractivity contribution in [3.63, 3.8) is 0 Å². The van der Waals surface area contributed by atoms with Crippen LogP contribution in [0.25, 0.3) is 77.3 Å². The predicted molar refractivity (Wildman–Crippen MR) is 155 cm³/mol. The van der Waals surface area contributed by atoms with Gasteiger partial charge < -0.3 is 0 Å². The molecule has 9 aromatic rings. The van der Waals surface area contributed by atoms with E-state index in [1.165, 1.54) is 10.8 Å². The number of hydrogen-bond donors (Lipinski definition) is 0. The summed E-state index contributed by atoms with van der Waals surface area (Å²) >= 11 is 0. The van der Waals surface area contributed by atoms with E-state index in [0.29, 0.717) is 0 Å². The average molecular weight is 486 g/mol. The van der Waals surface area contributed by atoms with E-state index in [4.69, 9.17) is 15.0 Å². The van der Waals surface area contributed by atoms with E-state index in [1.54, 1.807) is 0 Å². The molecule has 176 valence electrons. The normalized spacial score (nSPS) is 12.2. The molecule has 0 atom stereocenters. The fourth-order valence-electron chi connectivity index (χ4n) is 5.91. The summed E-state index contributed by atoms with van der Waals surface area (Å²) in [6, 6.07) is 40.2. The van der Waals surface area contributed by atoms with Crippen LogP contribution < -0.4 is 0 Å². The molecule has 0 amide bonds. The second-order valence-corrected chi connectivity index (χ2v) is 9.78. The average Bonchev–Trinajstić information content (AvgIpc) is 3.56. The summed E-state index contributed by atoms with van der Waals surface area (Å²) in [5.41, 5.74) is 11.0. The van der Waals surface area contributed by atoms with Crippen LogP contribution in [-0.2, 0) is 0 Å². The molecule has 4 heterocycles. The van der Waals surface area contributed by atoms with Crippen LogP contribution in [0.3, 0.4) is 0 Å². The molecule has 0 bridgehead atoms. The van der Waals surface area contributed by atoms with Gasteiger partial charge in [0.1, 0.15) is 0 Å². The molecule has 5 heteroatoms. The lowest BCUT2D eigenvalue weighted by Gasteiger charge is -2.11. The minimum Gasteiger partial charge on any atom is -0.288 e. The first kappa shape index (κ1) is 19.8. The first-order valence-corrected chi connectivity index (χ1v) is 12.7. The third-order valence-electron chi connectivity index (χ3n) is 7.66. The minimum absolute atomic E-state index is 0.851. The monoisotopic (exact) mass is 485 g/mol. The number of hydrogen-bond acceptors (Lipinski definition) is 3. The fraction of sp³-hybridized carbons (Fsp3) is 0. The molecule has 0 fully saturated rings. The van der Waals surface area contributed by atoms with Gasteiger partial charge in [0, 0.05) is 16.3 Å². The maximum atomic E-state index is 5.17. The van der Waals surface area contributed by atoms with Gasteiger partial charge in [0.25, 0.3) is 0 Å². The van der Waals surface area contributed by atoms with Gasteiger partial charge in [0.05, 0.1) is 44.3 Å². The molecule has 0 saturated carbocycles. The number of nitrogens with zero attached hydrogens (tertiary/aromatic N) is 5. The highest BCUT2D eigenvalue weighted by molar-refractivity contribution is 6.06. The van der Waals surface area contributed by atoms with E-state index in [1.807, 2.05) is 12.1 Å². The zero-order valence-corrected chi connectivity index (χ0v) is 20.2. The summed E-state index contributed by atoms with van der Waals surface area (Å²) in [4.78, 5) is 15.2. The largest absolute Gasteiger partial charge is 0.288 e. The Balaban J connectivity index is 1.42. The Bertz CT molecular complexity index is 2410. The van der Waals surface area contributed by atoms with Gasteiger partial charge in [-0.05, 0) is 47.9 Å². The lowest BCUT2D eigenvalue weighted by Crippen LogP contribution is -1.98. The third-order valence-corrected chi connectivity index (χ3v) is 7.66. The standard InChI is InChI=1S/C33H19N5/c1-2-8-23-20(7-1)13-14-21-15-17-24(34-31(21)23)22-16-18-29-30(19-22)38-28-12-6-4-10-26(28)36-33(38)32-35-25-9-3-5-11-27(25)37(29)32/h1-19H. The van der Waals surface area contributed by atoms with Gasteiger partial charge in [0.2, 0.25) is 0 Å². The third kappa shape index (κ3) is 2.57. The van der Waals surface area contributed by atoms with Crippen molar-refractivity contribution in [3.8, 4) is 11.3 Å². The summed E-state index contributed by atoms with van der Waals surface area (Å²) in [5, 5.41) is 3.51. The molecule has 0 aliphatic heterocycles. The van der Waals surface area contributed by atoms with Crippen molar-refractivity contribution >= 4 is 66.1 Å². The van der Waals surface area contributed by atoms with E-state index in [9.17, 15) is 0 Å². The number of imidazole rings is 2. The Kier molecular flexibility index (Phi) is 3.73. The number of para-hydroxylation sites is 4. The highest BCUT2D eigenvalue weighted by Gasteiger charge is 2.18. The highest BCUT2D eigenvalue weighted by atomic mass is 15.1. The number of fused-ring (bicyclic) bond motifs is 13. The molecular weight excluding hydrogens is 466 g/mol. The molecular formula is C33H19N5. The van der Waals surface area contributed by atoms with Crippen LogP contribution in [0, 0.1) is 0 Å². The Morgan fingerprint density at radius 1 is 0.447 bits per heavy atom. The maximum absolute atomic E-state index is 5.17. The number of benzene rings is 5. The zero-order valence-electron chi connectivity index (χ0n) is 20.2. The van der Waals surface area contributed by atoms with Crippen LogP contribution in [0.2, 0.25) is 0 Å². The molecule has 0 radical (unpaired) electrons. The van der Waals surface area contributed by atoms with Crippen molar-refractivity contribution in [1.82, 2.24) is 23.8 Å². The molecule has 9 rings (SSSR count). The number of pyridine rings is 1. The molecule has 0 aliphatic carbocycles. The number of rotatable bonds is 1. The van der Waals surface area contributed by atoms with Gasteiger partial charge in [0.15, 0.2) is 11.3 Å². The van der Waals surface area contributed by atoms with E-state index in [0.717, 1.165) is 66.6 Å². The first-order chi connectivity index (χ1) is 18.8. The van der Waals surface area contributed by atoms with Crippen molar-refractivity contribution in [2.45, 2.75) is 0 Å². The smallest absolute Gasteiger partial charge is 0.182 e. The Morgan fingerprint density at radius 3 is 1.87 bits per heavy atom. The van der Waals surface area contributed by atoms with E-state index in [2.05, 4.69) is 112 Å². The predicted octanol–water partition coefficient (Wildman–Crippen LogP) is 7.81. The minimum atomic E-state index is 0.851. The fourth-order valence-corrected chi connectivity index (χ4v) is 5.91. The van der Waals surface area contributed by atoms with Crippen molar-refractivity contribution in [2.24, 2.45) is 0 Å². The Labute approximate surface area is 216 Å². The topological polar surface area (TPSA) is 47.5 Å². The zero-order chi connectivity index (χ0) is 24.8. The molecule has 0 N–H and O–H groups in total. The van der Waals surface area contributed by atoms with Crippen molar-refractivity contribution in [1.29, 1.82) is 0 Å². The Morgan fingerprint density at radius 2 is 1.08 bits per heavy atom. The van der Waals surface area contributed by atoms with Gasteiger partial charge >= 0.3 is 0 Å². The lowest BCUT2D eigenvalue weighted by atomic mass is 10.0. The quantitative estimate of drug-likeness (QED) is 0.223. The number of aromatic nitrogens is 5. The SMILES string of the molecule is c1ccc2c(c1)ccc1ccc(-c3ccc4c(c3)n3c5ccccc5nc3c3nc5ccccc5n43)nc12. The van der Waals surface area contributed by atoms with E-state index in [-0.39, 0.29) is 0 Å². The van der Waals surface area contributed by atoms with Crippen LogP contribution >= 0.6 is 0 Å². The molecule has 0 unspecified atom stereocenters. The van der Waals surface area contributed by atoms with Crippen molar-refractivity contribution < 1.29 is 0 Å². The summed E-state index contributed by atoms with van der Waals surface area (Å²) < 4.78 is 4.48. The maximum Gasteiger partial charge on any atom is 0.182 e. The molecule has 5 aromatic carbocycles. The molecule has 5 nitrogen and oxygen atoms in total. The van der Waals surface area contributed by atoms with Crippen molar-refractivity contribution in [2.75, 3.05) is 0 Å². The second kappa shape index (κ2) is 7.14. The first-order valence-electron chi connectivity index (χ1n) is 12.7. The summed E-state index contributed by atoms with van der Waals surface area (Å²) in [6.45, 7) is 0. The van der Waals surface area contributed by atoms with Gasteiger partial charge in [-0.3, -0.25) is 8.80 Å². The van der Waals surface area contributed by atoms with E-state index >= 15 is 0 Å². The lowest BCUT2D eigenvalue weighted by molar-refractivity contribution is 1.21. The van der Waals surface area contributed by atoms with Crippen molar-refractivity contribution in [3.05, 3.63) is 115 Å².